The molecule has 0 spiro atoms. The molecule has 5 rings (SSSR count). The second kappa shape index (κ2) is 9.95. The van der Waals surface area contributed by atoms with Crippen LogP contribution in [0.5, 0.6) is 5.75 Å². The lowest BCUT2D eigenvalue weighted by Gasteiger charge is -2.30. The van der Waals surface area contributed by atoms with Gasteiger partial charge in [0.05, 0.1) is 12.2 Å². The van der Waals surface area contributed by atoms with Crippen molar-refractivity contribution < 1.29 is 14.6 Å². The summed E-state index contributed by atoms with van der Waals surface area (Å²) in [6.45, 7) is 1.15. The molecule has 0 saturated heterocycles. The minimum Gasteiger partial charge on any atom is -0.482 e. The van der Waals surface area contributed by atoms with E-state index in [0.717, 1.165) is 36.9 Å². The van der Waals surface area contributed by atoms with E-state index < -0.39 is 5.97 Å². The molecule has 2 aromatic carbocycles. The summed E-state index contributed by atoms with van der Waals surface area (Å²) in [5.74, 6) is 0.203. The van der Waals surface area contributed by atoms with Crippen molar-refractivity contribution in [3.63, 3.8) is 0 Å². The maximum absolute atomic E-state index is 10.9. The second-order valence-corrected chi connectivity index (χ2v) is 8.82. The summed E-state index contributed by atoms with van der Waals surface area (Å²) in [4.78, 5) is 17.5. The topological polar surface area (TPSA) is 80.0 Å². The Morgan fingerprint density at radius 3 is 2.82 bits per heavy atom. The third kappa shape index (κ3) is 4.88. The minimum atomic E-state index is -0.957. The second-order valence-electron chi connectivity index (χ2n) is 8.82. The first-order valence-electron chi connectivity index (χ1n) is 11.6. The average molecular weight is 457 g/mol. The van der Waals surface area contributed by atoms with Gasteiger partial charge in [-0.25, -0.2) is 4.79 Å². The molecule has 1 aliphatic carbocycles. The van der Waals surface area contributed by atoms with Crippen LogP contribution in [0.3, 0.4) is 0 Å². The Morgan fingerprint density at radius 1 is 1.15 bits per heavy atom. The molecule has 0 fully saturated rings. The molecule has 2 aliphatic rings. The fourth-order valence-corrected chi connectivity index (χ4v) is 4.94. The number of aliphatic imine (C=N–C) groups is 1. The van der Waals surface area contributed by atoms with Crippen LogP contribution >= 0.6 is 0 Å². The number of hydrogen-bond donors (Lipinski definition) is 1. The highest BCUT2D eigenvalue weighted by atomic mass is 16.5. The quantitative estimate of drug-likeness (QED) is 0.552. The maximum atomic E-state index is 10.9. The highest BCUT2D eigenvalue weighted by Crippen LogP contribution is 2.34. The number of allylic oxidation sites excluding steroid dienone is 1. The number of ether oxygens (including phenoxy) is 1. The number of rotatable bonds is 8. The summed E-state index contributed by atoms with van der Waals surface area (Å²) in [6, 6.07) is 16.5. The van der Waals surface area contributed by atoms with E-state index in [1.165, 1.54) is 11.1 Å². The maximum Gasteiger partial charge on any atom is 0.341 e. The number of fused-ring (bicyclic) bond motifs is 1. The van der Waals surface area contributed by atoms with E-state index in [1.807, 2.05) is 36.7 Å². The molecule has 3 aromatic rings. The summed E-state index contributed by atoms with van der Waals surface area (Å²) < 4.78 is 7.57. The van der Waals surface area contributed by atoms with Gasteiger partial charge in [-0.2, -0.15) is 5.10 Å². The van der Waals surface area contributed by atoms with Crippen LogP contribution in [0.1, 0.15) is 34.7 Å². The number of carboxylic acids is 1. The van der Waals surface area contributed by atoms with Crippen molar-refractivity contribution >= 4 is 12.2 Å². The molecule has 0 radical (unpaired) electrons. The van der Waals surface area contributed by atoms with E-state index in [1.54, 1.807) is 0 Å². The largest absolute Gasteiger partial charge is 0.482 e. The summed E-state index contributed by atoms with van der Waals surface area (Å²) in [7, 11) is 0. The van der Waals surface area contributed by atoms with Crippen molar-refractivity contribution in [2.75, 3.05) is 13.3 Å². The van der Waals surface area contributed by atoms with Gasteiger partial charge in [-0.15, -0.1) is 0 Å². The number of aliphatic carboxylic acids is 1. The number of carbonyl (C=O) groups is 1. The molecule has 1 N–H and O–H groups in total. The van der Waals surface area contributed by atoms with Crippen LogP contribution in [0, 0.1) is 5.92 Å². The SMILES string of the molecule is O=C(O)COc1cccc2c1CCC(Cn1cc(C(c3ccccc3)N3C=CC=NC3)cn1)C2. The first kappa shape index (κ1) is 21.9. The lowest BCUT2D eigenvalue weighted by atomic mass is 9.83. The van der Waals surface area contributed by atoms with E-state index >= 15 is 0 Å². The summed E-state index contributed by atoms with van der Waals surface area (Å²) in [5, 5.41) is 13.6. The third-order valence-electron chi connectivity index (χ3n) is 6.47. The molecule has 34 heavy (non-hydrogen) atoms. The molecule has 1 aromatic heterocycles. The molecule has 174 valence electrons. The fourth-order valence-electron chi connectivity index (χ4n) is 4.94. The summed E-state index contributed by atoms with van der Waals surface area (Å²) in [6.07, 6.45) is 12.8. The van der Waals surface area contributed by atoms with Crippen molar-refractivity contribution in [1.82, 2.24) is 14.7 Å². The van der Waals surface area contributed by atoms with Gasteiger partial charge in [0.25, 0.3) is 0 Å². The fraction of sp³-hybridized carbons (Fsp3) is 0.296. The lowest BCUT2D eigenvalue weighted by Crippen LogP contribution is -2.26. The standard InChI is InChI=1S/C27H28N4O3/c32-26(33)18-34-25-9-4-8-22-14-20(10-11-24(22)25)16-31-17-23(15-29-31)27(21-6-2-1-3-7-21)30-13-5-12-28-19-30/h1-9,12-13,15,17,20,27H,10-11,14,16,18-19H2,(H,32,33). The van der Waals surface area contributed by atoms with Crippen LogP contribution in [0.2, 0.25) is 0 Å². The van der Waals surface area contributed by atoms with Gasteiger partial charge < -0.3 is 14.7 Å². The Morgan fingerprint density at radius 2 is 2.03 bits per heavy atom. The molecule has 7 nitrogen and oxygen atoms in total. The Hall–Kier alpha value is -3.87. The van der Waals surface area contributed by atoms with Crippen molar-refractivity contribution in [2.45, 2.75) is 31.8 Å². The van der Waals surface area contributed by atoms with Crippen LogP contribution in [0.4, 0.5) is 0 Å². The van der Waals surface area contributed by atoms with Gasteiger partial charge in [0.2, 0.25) is 0 Å². The van der Waals surface area contributed by atoms with Gasteiger partial charge >= 0.3 is 5.97 Å². The highest BCUT2D eigenvalue weighted by Gasteiger charge is 2.25. The van der Waals surface area contributed by atoms with Crippen LogP contribution in [0.25, 0.3) is 0 Å². The highest BCUT2D eigenvalue weighted by molar-refractivity contribution is 5.71. The molecular formula is C27H28N4O3. The third-order valence-corrected chi connectivity index (χ3v) is 6.47. The Bertz CT molecular complexity index is 1200. The van der Waals surface area contributed by atoms with Crippen molar-refractivity contribution in [3.8, 4) is 5.75 Å². The molecule has 0 saturated carbocycles. The average Bonchev–Trinajstić information content (AvgIpc) is 3.31. The zero-order valence-corrected chi connectivity index (χ0v) is 19.0. The van der Waals surface area contributed by atoms with E-state index in [0.29, 0.717) is 18.3 Å². The van der Waals surface area contributed by atoms with Crippen molar-refractivity contribution in [2.24, 2.45) is 10.9 Å². The molecule has 7 heteroatoms. The predicted octanol–water partition coefficient (Wildman–Crippen LogP) is 4.10. The number of aromatic nitrogens is 2. The summed E-state index contributed by atoms with van der Waals surface area (Å²) >= 11 is 0. The van der Waals surface area contributed by atoms with Crippen LogP contribution in [-0.4, -0.2) is 45.2 Å². The Balaban J connectivity index is 1.31. The molecular weight excluding hydrogens is 428 g/mol. The van der Waals surface area contributed by atoms with Gasteiger partial charge in [0, 0.05) is 30.7 Å². The van der Waals surface area contributed by atoms with Gasteiger partial charge in [0.15, 0.2) is 6.61 Å². The first-order valence-corrected chi connectivity index (χ1v) is 11.6. The summed E-state index contributed by atoms with van der Waals surface area (Å²) in [5.41, 5.74) is 4.74. The number of nitrogens with zero attached hydrogens (tertiary/aromatic N) is 4. The monoisotopic (exact) mass is 456 g/mol. The van der Waals surface area contributed by atoms with E-state index in [-0.39, 0.29) is 12.6 Å². The molecule has 2 unspecified atom stereocenters. The van der Waals surface area contributed by atoms with E-state index in [4.69, 9.17) is 14.9 Å². The number of carboxylic acid groups (broad SMARTS) is 1. The smallest absolute Gasteiger partial charge is 0.341 e. The van der Waals surface area contributed by atoms with E-state index in [2.05, 4.69) is 57.3 Å². The van der Waals surface area contributed by atoms with Gasteiger partial charge in [-0.3, -0.25) is 9.67 Å². The predicted molar refractivity (Wildman–Crippen MR) is 130 cm³/mol. The van der Waals surface area contributed by atoms with Gasteiger partial charge in [-0.05, 0) is 54.0 Å². The van der Waals surface area contributed by atoms with Crippen molar-refractivity contribution in [3.05, 3.63) is 95.5 Å². The normalized spacial score (nSPS) is 17.9. The van der Waals surface area contributed by atoms with Crippen molar-refractivity contribution in [1.29, 1.82) is 0 Å². The molecule has 0 amide bonds. The van der Waals surface area contributed by atoms with Crippen LogP contribution in [-0.2, 0) is 24.2 Å². The van der Waals surface area contributed by atoms with E-state index in [9.17, 15) is 4.79 Å². The lowest BCUT2D eigenvalue weighted by molar-refractivity contribution is -0.139. The molecule has 2 atom stereocenters. The van der Waals surface area contributed by atoms with Gasteiger partial charge in [-0.1, -0.05) is 42.5 Å². The number of benzene rings is 2. The van der Waals surface area contributed by atoms with Crippen LogP contribution in [0.15, 0.2) is 78.2 Å². The number of hydrogen-bond acceptors (Lipinski definition) is 5. The molecule has 1 aliphatic heterocycles. The van der Waals surface area contributed by atoms with Gasteiger partial charge in [0.1, 0.15) is 12.4 Å². The van der Waals surface area contributed by atoms with Crippen LogP contribution < -0.4 is 4.74 Å². The Labute approximate surface area is 199 Å². The minimum absolute atomic E-state index is 0.0599. The zero-order chi connectivity index (χ0) is 23.3. The molecule has 0 bridgehead atoms. The zero-order valence-electron chi connectivity index (χ0n) is 19.0. The Kier molecular flexibility index (Phi) is 6.42. The molecule has 2 heterocycles. The first-order chi connectivity index (χ1) is 16.7.